The molecule has 3 saturated carbocycles. The molecule has 0 saturated heterocycles. The Kier molecular flexibility index (Phi) is 3.74. The van der Waals surface area contributed by atoms with E-state index in [0.717, 1.165) is 38.5 Å². The van der Waals surface area contributed by atoms with Crippen molar-refractivity contribution in [1.82, 2.24) is 0 Å². The van der Waals surface area contributed by atoms with Crippen LogP contribution in [0.1, 0.15) is 71.6 Å². The summed E-state index contributed by atoms with van der Waals surface area (Å²) in [6.07, 6.45) is 8.99. The molecule has 0 unspecified atom stereocenters. The lowest BCUT2D eigenvalue weighted by Gasteiger charge is -2.59. The van der Waals surface area contributed by atoms with E-state index in [2.05, 4.69) is 13.8 Å². The summed E-state index contributed by atoms with van der Waals surface area (Å²) in [5.74, 6) is 0.927. The van der Waals surface area contributed by atoms with Gasteiger partial charge in [0.15, 0.2) is 5.78 Å². The average molecular weight is 346 g/mol. The zero-order chi connectivity index (χ0) is 18.0. The largest absolute Gasteiger partial charge is 0.481 e. The van der Waals surface area contributed by atoms with E-state index >= 15 is 0 Å². The number of hydrogen-bond donors (Lipinski definition) is 2. The lowest BCUT2D eigenvalue weighted by atomic mass is 9.46. The second-order valence-electron chi connectivity index (χ2n) is 9.57. The number of aliphatic carboxylic acids is 1. The van der Waals surface area contributed by atoms with Crippen molar-refractivity contribution in [2.75, 3.05) is 0 Å². The van der Waals surface area contributed by atoms with Crippen molar-refractivity contribution in [2.45, 2.75) is 77.2 Å². The zero-order valence-electron chi connectivity index (χ0n) is 15.4. The van der Waals surface area contributed by atoms with Crippen LogP contribution in [-0.2, 0) is 9.59 Å². The van der Waals surface area contributed by atoms with Crippen LogP contribution in [0.25, 0.3) is 0 Å². The molecule has 0 aromatic heterocycles. The van der Waals surface area contributed by atoms with Gasteiger partial charge in [-0.15, -0.1) is 0 Å². The monoisotopic (exact) mass is 346 g/mol. The van der Waals surface area contributed by atoms with E-state index in [0.29, 0.717) is 30.6 Å². The Bertz CT molecular complexity index is 652. The van der Waals surface area contributed by atoms with Crippen LogP contribution in [0.5, 0.6) is 0 Å². The minimum atomic E-state index is -1.06. The van der Waals surface area contributed by atoms with E-state index in [4.69, 9.17) is 0 Å². The molecular formula is C21H30O4. The molecule has 4 aliphatic rings. The first-order valence-corrected chi connectivity index (χ1v) is 9.88. The molecule has 0 heterocycles. The first-order chi connectivity index (χ1) is 11.7. The summed E-state index contributed by atoms with van der Waals surface area (Å²) in [7, 11) is 0. The maximum atomic E-state index is 11.9. The van der Waals surface area contributed by atoms with Crippen molar-refractivity contribution in [2.24, 2.45) is 28.6 Å². The van der Waals surface area contributed by atoms with Gasteiger partial charge in [-0.25, -0.2) is 0 Å². The summed E-state index contributed by atoms with van der Waals surface area (Å²) < 4.78 is 0. The SMILES string of the molecule is C[C@]12CCC(=O)C=C1CC[C@@H]1[C@@H]2CC[C@@]2(C)[C@H]1CC[C@@]2(O)CC(=O)O. The van der Waals surface area contributed by atoms with Crippen molar-refractivity contribution in [1.29, 1.82) is 0 Å². The third-order valence-electron chi connectivity index (χ3n) is 8.73. The van der Waals surface area contributed by atoms with E-state index in [1.807, 2.05) is 6.08 Å². The van der Waals surface area contributed by atoms with E-state index in [-0.39, 0.29) is 23.0 Å². The van der Waals surface area contributed by atoms with Gasteiger partial charge in [0.05, 0.1) is 12.0 Å². The van der Waals surface area contributed by atoms with Crippen LogP contribution in [0.15, 0.2) is 11.6 Å². The van der Waals surface area contributed by atoms with Crippen LogP contribution in [0.3, 0.4) is 0 Å². The van der Waals surface area contributed by atoms with Crippen LogP contribution in [0, 0.1) is 28.6 Å². The molecule has 0 amide bonds. The third-order valence-corrected chi connectivity index (χ3v) is 8.73. The summed E-state index contributed by atoms with van der Waals surface area (Å²) in [5, 5.41) is 20.5. The highest BCUT2D eigenvalue weighted by Gasteiger charge is 2.64. The normalized spacial score (nSPS) is 49.0. The van der Waals surface area contributed by atoms with Crippen LogP contribution >= 0.6 is 0 Å². The number of aliphatic hydroxyl groups is 1. The molecule has 0 aliphatic heterocycles. The fourth-order valence-corrected chi connectivity index (χ4v) is 7.21. The van der Waals surface area contributed by atoms with Gasteiger partial charge in [0.1, 0.15) is 0 Å². The molecule has 0 bridgehead atoms. The Labute approximate surface area is 149 Å². The van der Waals surface area contributed by atoms with E-state index in [1.165, 1.54) is 5.57 Å². The molecule has 25 heavy (non-hydrogen) atoms. The predicted octanol–water partition coefficient (Wildman–Crippen LogP) is 3.72. The molecule has 6 atom stereocenters. The zero-order valence-corrected chi connectivity index (χ0v) is 15.4. The van der Waals surface area contributed by atoms with E-state index in [1.54, 1.807) is 0 Å². The van der Waals surface area contributed by atoms with Crippen molar-refractivity contribution in [3.63, 3.8) is 0 Å². The highest BCUT2D eigenvalue weighted by atomic mass is 16.4. The summed E-state index contributed by atoms with van der Waals surface area (Å²) in [6.45, 7) is 4.49. The third kappa shape index (κ3) is 2.29. The minimum absolute atomic E-state index is 0.131. The quantitative estimate of drug-likeness (QED) is 0.799. The molecule has 4 nitrogen and oxygen atoms in total. The number of allylic oxidation sites excluding steroid dienone is 1. The van der Waals surface area contributed by atoms with E-state index in [9.17, 15) is 19.8 Å². The topological polar surface area (TPSA) is 74.6 Å². The predicted molar refractivity (Wildman–Crippen MR) is 93.9 cm³/mol. The maximum absolute atomic E-state index is 11.9. The maximum Gasteiger partial charge on any atom is 0.306 e. The van der Waals surface area contributed by atoms with Crippen LogP contribution in [-0.4, -0.2) is 27.6 Å². The minimum Gasteiger partial charge on any atom is -0.481 e. The van der Waals surface area contributed by atoms with Crippen LogP contribution in [0.2, 0.25) is 0 Å². The number of carboxylic acids is 1. The Morgan fingerprint density at radius 3 is 2.56 bits per heavy atom. The fourth-order valence-electron chi connectivity index (χ4n) is 7.21. The molecule has 4 heteroatoms. The van der Waals surface area contributed by atoms with Gasteiger partial charge in [-0.05, 0) is 79.6 Å². The smallest absolute Gasteiger partial charge is 0.306 e. The van der Waals surface area contributed by atoms with Gasteiger partial charge in [0.25, 0.3) is 0 Å². The average Bonchev–Trinajstić information content (AvgIpc) is 2.79. The van der Waals surface area contributed by atoms with Crippen LogP contribution < -0.4 is 0 Å². The van der Waals surface area contributed by atoms with E-state index < -0.39 is 11.6 Å². The molecular weight excluding hydrogens is 316 g/mol. The van der Waals surface area contributed by atoms with Gasteiger partial charge >= 0.3 is 5.97 Å². The molecule has 4 rings (SSSR count). The number of fused-ring (bicyclic) bond motifs is 5. The lowest BCUT2D eigenvalue weighted by molar-refractivity contribution is -0.158. The van der Waals surface area contributed by atoms with Crippen molar-refractivity contribution < 1.29 is 19.8 Å². The van der Waals surface area contributed by atoms with Gasteiger partial charge in [-0.3, -0.25) is 9.59 Å². The highest BCUT2D eigenvalue weighted by molar-refractivity contribution is 5.91. The Balaban J connectivity index is 1.66. The fraction of sp³-hybridized carbons (Fsp3) is 0.810. The summed E-state index contributed by atoms with van der Waals surface area (Å²) in [6, 6.07) is 0. The number of carbonyl (C=O) groups is 2. The van der Waals surface area contributed by atoms with Gasteiger partial charge < -0.3 is 10.2 Å². The van der Waals surface area contributed by atoms with Crippen molar-refractivity contribution in [3.8, 4) is 0 Å². The summed E-state index contributed by atoms with van der Waals surface area (Å²) in [5.41, 5.74) is 0.140. The first-order valence-electron chi connectivity index (χ1n) is 9.88. The number of carbonyl (C=O) groups excluding carboxylic acids is 1. The number of carboxylic acid groups (broad SMARTS) is 1. The van der Waals surface area contributed by atoms with Crippen molar-refractivity contribution in [3.05, 3.63) is 11.6 Å². The van der Waals surface area contributed by atoms with Crippen LogP contribution in [0.4, 0.5) is 0 Å². The molecule has 0 aromatic carbocycles. The Morgan fingerprint density at radius 2 is 1.84 bits per heavy atom. The van der Waals surface area contributed by atoms with Gasteiger partial charge in [0.2, 0.25) is 0 Å². The lowest BCUT2D eigenvalue weighted by Crippen LogP contribution is -2.55. The standard InChI is InChI=1S/C21H30O4/c1-19-8-5-14(22)11-13(19)3-4-15-16(19)6-9-20(2)17(15)7-10-21(20,25)12-18(23)24/h11,15-17,25H,3-10,12H2,1-2H3,(H,23,24)/t15-,16+,17+,19+,20+,21-/m1/s1. The van der Waals surface area contributed by atoms with Gasteiger partial charge in [-0.2, -0.15) is 0 Å². The summed E-state index contributed by atoms with van der Waals surface area (Å²) in [4.78, 5) is 23.2. The molecule has 0 aromatic rings. The first kappa shape index (κ1) is 17.3. The highest BCUT2D eigenvalue weighted by Crippen LogP contribution is 2.67. The molecule has 3 fully saturated rings. The molecule has 2 N–H and O–H groups in total. The van der Waals surface area contributed by atoms with Gasteiger partial charge in [0, 0.05) is 6.42 Å². The molecule has 0 radical (unpaired) electrons. The molecule has 138 valence electrons. The second-order valence-corrected chi connectivity index (χ2v) is 9.57. The van der Waals surface area contributed by atoms with Gasteiger partial charge in [-0.1, -0.05) is 19.4 Å². The Hall–Kier alpha value is -1.16. The summed E-state index contributed by atoms with van der Waals surface area (Å²) >= 11 is 0. The molecule has 4 aliphatic carbocycles. The Morgan fingerprint density at radius 1 is 1.12 bits per heavy atom. The number of hydrogen-bond acceptors (Lipinski definition) is 3. The number of ketones is 1. The number of rotatable bonds is 2. The second kappa shape index (κ2) is 5.42. The van der Waals surface area contributed by atoms with Crippen molar-refractivity contribution >= 4 is 11.8 Å². The molecule has 0 spiro atoms.